The Bertz CT molecular complexity index is 558. The first-order valence-electron chi connectivity index (χ1n) is 6.90. The number of rotatable bonds is 4. The average Bonchev–Trinajstić information content (AvgIpc) is 2.75. The highest BCUT2D eigenvalue weighted by Crippen LogP contribution is 2.36. The predicted octanol–water partition coefficient (Wildman–Crippen LogP) is 3.71. The van der Waals surface area contributed by atoms with Gasteiger partial charge < -0.3 is 4.43 Å². The molecule has 0 atom stereocenters. The maximum atomic E-state index is 6.08. The van der Waals surface area contributed by atoms with Gasteiger partial charge in [0.05, 0.1) is 6.54 Å². The molecule has 0 amide bonds. The molecular weight excluding hydrogens is 266 g/mol. The molecule has 2 aromatic rings. The third-order valence-electron chi connectivity index (χ3n) is 3.86. The minimum Gasteiger partial charge on any atom is -0.516 e. The van der Waals surface area contributed by atoms with Crippen LogP contribution in [0.4, 0.5) is 0 Å². The van der Waals surface area contributed by atoms with E-state index in [2.05, 4.69) is 56.1 Å². The highest BCUT2D eigenvalue weighted by Gasteiger charge is 2.39. The smallest absolute Gasteiger partial charge is 0.321 e. The minimum atomic E-state index is -1.86. The second kappa shape index (κ2) is 5.40. The van der Waals surface area contributed by atoms with Gasteiger partial charge in [0.1, 0.15) is 6.33 Å². The van der Waals surface area contributed by atoms with Crippen LogP contribution in [0, 0.1) is 0 Å². The fourth-order valence-electron chi connectivity index (χ4n) is 1.55. The first-order chi connectivity index (χ1) is 9.28. The number of hydrogen-bond acceptors (Lipinski definition) is 3. The maximum Gasteiger partial charge on any atom is 0.321 e. The van der Waals surface area contributed by atoms with Crippen LogP contribution >= 0.6 is 0 Å². The predicted molar refractivity (Wildman–Crippen MR) is 83.4 cm³/mol. The summed E-state index contributed by atoms with van der Waals surface area (Å²) in [5.41, 5.74) is 1.20. The van der Waals surface area contributed by atoms with E-state index in [1.165, 1.54) is 5.56 Å². The molecular formula is C15H23N3OSi. The van der Waals surface area contributed by atoms with Crippen molar-refractivity contribution in [2.45, 2.75) is 45.4 Å². The van der Waals surface area contributed by atoms with Crippen molar-refractivity contribution in [2.24, 2.45) is 0 Å². The van der Waals surface area contributed by atoms with E-state index in [0.29, 0.717) is 12.6 Å². The molecule has 20 heavy (non-hydrogen) atoms. The van der Waals surface area contributed by atoms with Crippen LogP contribution in [-0.4, -0.2) is 23.1 Å². The van der Waals surface area contributed by atoms with Gasteiger partial charge in [-0.05, 0) is 23.7 Å². The Morgan fingerprint density at radius 1 is 1.15 bits per heavy atom. The highest BCUT2D eigenvalue weighted by atomic mass is 28.4. The van der Waals surface area contributed by atoms with Gasteiger partial charge in [0, 0.05) is 0 Å². The van der Waals surface area contributed by atoms with E-state index in [-0.39, 0.29) is 5.04 Å². The molecule has 0 aliphatic heterocycles. The molecule has 0 aliphatic rings. The Balaban J connectivity index is 2.06. The van der Waals surface area contributed by atoms with Gasteiger partial charge in [-0.3, -0.25) is 0 Å². The molecule has 0 fully saturated rings. The van der Waals surface area contributed by atoms with Crippen molar-refractivity contribution >= 4 is 8.32 Å². The first-order valence-corrected chi connectivity index (χ1v) is 9.81. The van der Waals surface area contributed by atoms with E-state index in [9.17, 15) is 0 Å². The summed E-state index contributed by atoms with van der Waals surface area (Å²) < 4.78 is 7.90. The Hall–Kier alpha value is -1.62. The molecule has 0 saturated heterocycles. The third-order valence-corrected chi connectivity index (χ3v) is 8.16. The summed E-state index contributed by atoms with van der Waals surface area (Å²) in [5, 5.41) is 4.57. The quantitative estimate of drug-likeness (QED) is 0.806. The van der Waals surface area contributed by atoms with E-state index in [1.807, 2.05) is 22.9 Å². The molecule has 1 heterocycles. The minimum absolute atomic E-state index is 0.151. The number of nitrogens with zero attached hydrogens (tertiary/aromatic N) is 3. The van der Waals surface area contributed by atoms with E-state index in [1.54, 1.807) is 6.33 Å². The topological polar surface area (TPSA) is 39.9 Å². The van der Waals surface area contributed by atoms with Gasteiger partial charge >= 0.3 is 6.01 Å². The Kier molecular flexibility index (Phi) is 3.99. The van der Waals surface area contributed by atoms with Crippen LogP contribution in [0.3, 0.4) is 0 Å². The van der Waals surface area contributed by atoms with E-state index in [0.717, 1.165) is 0 Å². The lowest BCUT2D eigenvalue weighted by Gasteiger charge is -2.34. The molecule has 0 bridgehead atoms. The summed E-state index contributed by atoms with van der Waals surface area (Å²) in [6, 6.07) is 10.7. The number of hydrogen-bond donors (Lipinski definition) is 0. The number of aromatic nitrogens is 3. The zero-order chi connectivity index (χ0) is 14.8. The van der Waals surface area contributed by atoms with Crippen molar-refractivity contribution in [2.75, 3.05) is 0 Å². The second-order valence-corrected chi connectivity index (χ2v) is 11.3. The lowest BCUT2D eigenvalue weighted by Crippen LogP contribution is -2.44. The van der Waals surface area contributed by atoms with Crippen molar-refractivity contribution in [1.82, 2.24) is 14.8 Å². The van der Waals surface area contributed by atoms with Gasteiger partial charge in [-0.2, -0.15) is 4.98 Å². The Morgan fingerprint density at radius 3 is 2.40 bits per heavy atom. The highest BCUT2D eigenvalue weighted by molar-refractivity contribution is 6.74. The monoisotopic (exact) mass is 289 g/mol. The molecule has 1 aromatic heterocycles. The SMILES string of the molecule is CC(C)(C)[Si](C)(C)Oc1ncn(Cc2ccccc2)n1. The van der Waals surface area contributed by atoms with Crippen LogP contribution in [0.1, 0.15) is 26.3 Å². The van der Waals surface area contributed by atoms with Crippen molar-refractivity contribution in [1.29, 1.82) is 0 Å². The third kappa shape index (κ3) is 3.48. The standard InChI is InChI=1S/C15H23N3OSi/c1-15(2,3)20(4,5)19-14-16-12-18(17-14)11-13-9-7-6-8-10-13/h6-10,12H,11H2,1-5H3. The van der Waals surface area contributed by atoms with Crippen molar-refractivity contribution in [3.8, 4) is 6.01 Å². The molecule has 1 aromatic carbocycles. The molecule has 0 saturated carbocycles. The van der Waals surface area contributed by atoms with E-state index >= 15 is 0 Å². The largest absolute Gasteiger partial charge is 0.516 e. The summed E-state index contributed by atoms with van der Waals surface area (Å²) in [6.45, 7) is 11.7. The van der Waals surface area contributed by atoms with Gasteiger partial charge in [0.15, 0.2) is 0 Å². The molecule has 4 nitrogen and oxygen atoms in total. The van der Waals surface area contributed by atoms with Crippen LogP contribution in [0.25, 0.3) is 0 Å². The average molecular weight is 289 g/mol. The Labute approximate surface area is 121 Å². The summed E-state index contributed by atoms with van der Waals surface area (Å²) in [6.07, 6.45) is 1.73. The van der Waals surface area contributed by atoms with Crippen molar-refractivity contribution in [3.05, 3.63) is 42.2 Å². The Morgan fingerprint density at radius 2 is 1.80 bits per heavy atom. The van der Waals surface area contributed by atoms with E-state index < -0.39 is 8.32 Å². The summed E-state index contributed by atoms with van der Waals surface area (Å²) in [5.74, 6) is 0. The van der Waals surface area contributed by atoms with Gasteiger partial charge in [-0.15, -0.1) is 5.10 Å². The van der Waals surface area contributed by atoms with Crippen molar-refractivity contribution < 1.29 is 4.43 Å². The molecule has 0 unspecified atom stereocenters. The molecule has 0 N–H and O–H groups in total. The van der Waals surface area contributed by atoms with Crippen LogP contribution in [-0.2, 0) is 6.54 Å². The summed E-state index contributed by atoms with van der Waals surface area (Å²) in [7, 11) is -1.86. The molecule has 0 aliphatic carbocycles. The molecule has 0 spiro atoms. The molecule has 108 valence electrons. The molecule has 5 heteroatoms. The summed E-state index contributed by atoms with van der Waals surface area (Å²) in [4.78, 5) is 4.28. The van der Waals surface area contributed by atoms with Gasteiger partial charge in [-0.25, -0.2) is 4.68 Å². The molecule has 0 radical (unpaired) electrons. The van der Waals surface area contributed by atoms with Gasteiger partial charge in [0.2, 0.25) is 0 Å². The second-order valence-electron chi connectivity index (χ2n) is 6.57. The van der Waals surface area contributed by atoms with Crippen LogP contribution in [0.2, 0.25) is 18.1 Å². The fraction of sp³-hybridized carbons (Fsp3) is 0.467. The van der Waals surface area contributed by atoms with Gasteiger partial charge in [0.25, 0.3) is 8.32 Å². The first kappa shape index (κ1) is 14.8. The molecule has 2 rings (SSSR count). The van der Waals surface area contributed by atoms with Crippen LogP contribution in [0.15, 0.2) is 36.7 Å². The van der Waals surface area contributed by atoms with E-state index in [4.69, 9.17) is 4.43 Å². The summed E-state index contributed by atoms with van der Waals surface area (Å²) >= 11 is 0. The normalized spacial score (nSPS) is 12.4. The lowest BCUT2D eigenvalue weighted by atomic mass is 10.2. The van der Waals surface area contributed by atoms with Crippen molar-refractivity contribution in [3.63, 3.8) is 0 Å². The zero-order valence-electron chi connectivity index (χ0n) is 12.9. The lowest BCUT2D eigenvalue weighted by molar-refractivity contribution is 0.454. The zero-order valence-corrected chi connectivity index (χ0v) is 13.9. The fourth-order valence-corrected chi connectivity index (χ4v) is 2.41. The van der Waals surface area contributed by atoms with Gasteiger partial charge in [-0.1, -0.05) is 51.1 Å². The number of benzene rings is 1. The maximum absolute atomic E-state index is 6.08. The van der Waals surface area contributed by atoms with Crippen LogP contribution in [0.5, 0.6) is 6.01 Å². The van der Waals surface area contributed by atoms with Crippen LogP contribution < -0.4 is 4.43 Å².